The molecule has 0 aliphatic heterocycles. The van der Waals surface area contributed by atoms with Gasteiger partial charge < -0.3 is 4.57 Å². The van der Waals surface area contributed by atoms with E-state index >= 15 is 0 Å². The molecule has 5 rings (SSSR count). The van der Waals surface area contributed by atoms with Crippen molar-refractivity contribution in [3.63, 3.8) is 0 Å². The Morgan fingerprint density at radius 2 is 1.32 bits per heavy atom. The van der Waals surface area contributed by atoms with Gasteiger partial charge in [-0.25, -0.2) is 0 Å². The van der Waals surface area contributed by atoms with Crippen LogP contribution in [0.5, 0.6) is 0 Å². The highest BCUT2D eigenvalue weighted by atomic mass is 35.5. The standard InChI is InChI=1S/C29H21ClN2OS/c1-32-26(22-17-15-21(16-18-22)20-9-4-2-5-10-20)27(23-11-6-3-7-12-23)34-29(32)31-28(33)24-13-8-14-25(30)19-24/h2-19H,1H3. The van der Waals surface area contributed by atoms with Gasteiger partial charge in [0.1, 0.15) is 0 Å². The summed E-state index contributed by atoms with van der Waals surface area (Å²) in [6.45, 7) is 0. The zero-order valence-electron chi connectivity index (χ0n) is 18.5. The van der Waals surface area contributed by atoms with Crippen molar-refractivity contribution in [3.8, 4) is 32.8 Å². The van der Waals surface area contributed by atoms with E-state index in [9.17, 15) is 4.79 Å². The third-order valence-corrected chi connectivity index (χ3v) is 7.02. The number of carbonyl (C=O) groups is 1. The predicted octanol–water partition coefficient (Wildman–Crippen LogP) is 7.48. The molecule has 0 N–H and O–H groups in total. The van der Waals surface area contributed by atoms with Crippen LogP contribution in [0.3, 0.4) is 0 Å². The monoisotopic (exact) mass is 480 g/mol. The molecule has 0 spiro atoms. The van der Waals surface area contributed by atoms with Gasteiger partial charge in [0.2, 0.25) is 0 Å². The van der Waals surface area contributed by atoms with Gasteiger partial charge in [0.25, 0.3) is 5.91 Å². The van der Waals surface area contributed by atoms with Gasteiger partial charge in [-0.1, -0.05) is 114 Å². The number of halogens is 1. The average Bonchev–Trinajstić information content (AvgIpc) is 3.21. The van der Waals surface area contributed by atoms with E-state index in [-0.39, 0.29) is 5.91 Å². The van der Waals surface area contributed by atoms with Crippen LogP contribution in [0.4, 0.5) is 0 Å². The van der Waals surface area contributed by atoms with E-state index in [4.69, 9.17) is 11.6 Å². The van der Waals surface area contributed by atoms with Gasteiger partial charge in [-0.05, 0) is 40.5 Å². The fourth-order valence-corrected chi connectivity index (χ4v) is 5.22. The number of benzene rings is 4. The van der Waals surface area contributed by atoms with Gasteiger partial charge in [0.15, 0.2) is 4.80 Å². The van der Waals surface area contributed by atoms with Gasteiger partial charge in [-0.3, -0.25) is 4.79 Å². The molecule has 0 aliphatic rings. The Hall–Kier alpha value is -3.73. The Morgan fingerprint density at radius 3 is 1.97 bits per heavy atom. The highest BCUT2D eigenvalue weighted by Gasteiger charge is 2.16. The quantitative estimate of drug-likeness (QED) is 0.262. The second kappa shape index (κ2) is 9.64. The van der Waals surface area contributed by atoms with Crippen LogP contribution in [-0.2, 0) is 7.05 Å². The minimum absolute atomic E-state index is 0.315. The molecule has 4 aromatic carbocycles. The van der Waals surface area contributed by atoms with E-state index < -0.39 is 0 Å². The van der Waals surface area contributed by atoms with Crippen molar-refractivity contribution in [1.82, 2.24) is 4.57 Å². The minimum Gasteiger partial charge on any atom is -0.319 e. The maximum atomic E-state index is 12.9. The summed E-state index contributed by atoms with van der Waals surface area (Å²) >= 11 is 7.58. The van der Waals surface area contributed by atoms with Crippen LogP contribution in [0.25, 0.3) is 32.8 Å². The number of nitrogens with zero attached hydrogens (tertiary/aromatic N) is 2. The van der Waals surface area contributed by atoms with Crippen LogP contribution < -0.4 is 4.80 Å². The molecule has 0 bridgehead atoms. The lowest BCUT2D eigenvalue weighted by Gasteiger charge is -2.09. The summed E-state index contributed by atoms with van der Waals surface area (Å²) in [5.41, 5.74) is 5.97. The number of aromatic nitrogens is 1. The minimum atomic E-state index is -0.315. The summed E-state index contributed by atoms with van der Waals surface area (Å²) in [7, 11) is 1.95. The third kappa shape index (κ3) is 4.51. The van der Waals surface area contributed by atoms with Crippen molar-refractivity contribution in [3.05, 3.63) is 125 Å². The maximum absolute atomic E-state index is 12.9. The van der Waals surface area contributed by atoms with E-state index in [2.05, 4.69) is 53.5 Å². The second-order valence-corrected chi connectivity index (χ2v) is 9.27. The molecule has 1 amide bonds. The summed E-state index contributed by atoms with van der Waals surface area (Å²) in [5, 5.41) is 0.515. The Kier molecular flexibility index (Phi) is 6.26. The molecule has 34 heavy (non-hydrogen) atoms. The molecule has 1 heterocycles. The number of hydrogen-bond donors (Lipinski definition) is 0. The average molecular weight is 481 g/mol. The highest BCUT2D eigenvalue weighted by Crippen LogP contribution is 2.35. The number of thiazole rings is 1. The summed E-state index contributed by atoms with van der Waals surface area (Å²) in [4.78, 5) is 19.0. The topological polar surface area (TPSA) is 34.4 Å². The van der Waals surface area contributed by atoms with Crippen molar-refractivity contribution in [1.29, 1.82) is 0 Å². The van der Waals surface area contributed by atoms with Crippen LogP contribution in [-0.4, -0.2) is 10.5 Å². The molecule has 3 nitrogen and oxygen atoms in total. The Labute approximate surface area is 207 Å². The Morgan fingerprint density at radius 1 is 0.735 bits per heavy atom. The molecule has 166 valence electrons. The highest BCUT2D eigenvalue weighted by molar-refractivity contribution is 7.13. The predicted molar refractivity (Wildman–Crippen MR) is 141 cm³/mol. The van der Waals surface area contributed by atoms with Crippen LogP contribution in [0.15, 0.2) is 114 Å². The lowest BCUT2D eigenvalue weighted by molar-refractivity contribution is 0.0998. The van der Waals surface area contributed by atoms with Crippen LogP contribution in [0.1, 0.15) is 10.4 Å². The summed E-state index contributed by atoms with van der Waals surface area (Å²) in [6, 6.07) is 35.9. The number of rotatable bonds is 4. The molecular formula is C29H21ClN2OS. The molecule has 0 saturated carbocycles. The lowest BCUT2D eigenvalue weighted by atomic mass is 10.0. The van der Waals surface area contributed by atoms with E-state index in [0.29, 0.717) is 15.4 Å². The first-order valence-corrected chi connectivity index (χ1v) is 12.1. The smallest absolute Gasteiger partial charge is 0.279 e. The van der Waals surface area contributed by atoms with Gasteiger partial charge in [-0.2, -0.15) is 4.99 Å². The molecule has 0 unspecified atom stereocenters. The Bertz CT molecular complexity index is 1520. The molecule has 0 radical (unpaired) electrons. The SMILES string of the molecule is Cn1c(-c2ccc(-c3ccccc3)cc2)c(-c2ccccc2)sc1=NC(=O)c1cccc(Cl)c1. The molecular weight excluding hydrogens is 460 g/mol. The molecule has 0 fully saturated rings. The first-order valence-electron chi connectivity index (χ1n) is 10.9. The van der Waals surface area contributed by atoms with Crippen molar-refractivity contribution in [2.75, 3.05) is 0 Å². The van der Waals surface area contributed by atoms with E-state index in [1.54, 1.807) is 24.3 Å². The molecule has 5 heteroatoms. The van der Waals surface area contributed by atoms with E-state index in [1.165, 1.54) is 16.9 Å². The zero-order valence-corrected chi connectivity index (χ0v) is 20.1. The van der Waals surface area contributed by atoms with Crippen molar-refractivity contribution >= 4 is 28.8 Å². The first-order chi connectivity index (χ1) is 16.6. The van der Waals surface area contributed by atoms with Crippen LogP contribution in [0, 0.1) is 0 Å². The van der Waals surface area contributed by atoms with E-state index in [1.807, 2.05) is 48.0 Å². The summed E-state index contributed by atoms with van der Waals surface area (Å²) < 4.78 is 1.99. The fourth-order valence-electron chi connectivity index (χ4n) is 3.89. The molecule has 0 aliphatic carbocycles. The number of hydrogen-bond acceptors (Lipinski definition) is 2. The second-order valence-electron chi connectivity index (χ2n) is 7.86. The normalized spacial score (nSPS) is 11.5. The lowest BCUT2D eigenvalue weighted by Crippen LogP contribution is -2.14. The number of amides is 1. The third-order valence-electron chi connectivity index (χ3n) is 5.60. The molecule has 0 atom stereocenters. The van der Waals surface area contributed by atoms with Gasteiger partial charge >= 0.3 is 0 Å². The largest absolute Gasteiger partial charge is 0.319 e. The summed E-state index contributed by atoms with van der Waals surface area (Å²) in [6.07, 6.45) is 0. The molecule has 1 aromatic heterocycles. The summed E-state index contributed by atoms with van der Waals surface area (Å²) in [5.74, 6) is -0.315. The Balaban J connectivity index is 1.63. The van der Waals surface area contributed by atoms with Gasteiger partial charge in [-0.15, -0.1) is 0 Å². The first kappa shape index (κ1) is 22.1. The maximum Gasteiger partial charge on any atom is 0.279 e. The number of carbonyl (C=O) groups excluding carboxylic acids is 1. The van der Waals surface area contributed by atoms with Gasteiger partial charge in [0.05, 0.1) is 10.6 Å². The zero-order chi connectivity index (χ0) is 23.5. The van der Waals surface area contributed by atoms with Gasteiger partial charge in [0, 0.05) is 17.6 Å². The van der Waals surface area contributed by atoms with Crippen molar-refractivity contribution in [2.45, 2.75) is 0 Å². The van der Waals surface area contributed by atoms with E-state index in [0.717, 1.165) is 27.3 Å². The van der Waals surface area contributed by atoms with Crippen LogP contribution >= 0.6 is 22.9 Å². The molecule has 5 aromatic rings. The fraction of sp³-hybridized carbons (Fsp3) is 0.0345. The molecule has 0 saturated heterocycles. The van der Waals surface area contributed by atoms with Crippen molar-refractivity contribution in [2.24, 2.45) is 12.0 Å². The van der Waals surface area contributed by atoms with Crippen LogP contribution in [0.2, 0.25) is 5.02 Å². The van der Waals surface area contributed by atoms with Crippen molar-refractivity contribution < 1.29 is 4.79 Å².